The van der Waals surface area contributed by atoms with Crippen molar-refractivity contribution in [3.05, 3.63) is 17.6 Å². The number of hydrogen-bond donors (Lipinski definition) is 1. The number of aromatic nitrogens is 2. The third kappa shape index (κ3) is 4.45. The summed E-state index contributed by atoms with van der Waals surface area (Å²) in [7, 11) is 2.24. The van der Waals surface area contributed by atoms with E-state index in [0.29, 0.717) is 6.04 Å². The van der Waals surface area contributed by atoms with Crippen LogP contribution in [0.5, 0.6) is 0 Å². The molecule has 0 saturated carbocycles. The van der Waals surface area contributed by atoms with Crippen molar-refractivity contribution in [2.75, 3.05) is 38.5 Å². The Morgan fingerprint density at radius 3 is 2.75 bits per heavy atom. The number of likely N-dealkylation sites (tertiary alicyclic amines) is 2. The molecule has 0 aromatic carbocycles. The summed E-state index contributed by atoms with van der Waals surface area (Å²) in [5, 5.41) is 3.75. The van der Waals surface area contributed by atoms with Gasteiger partial charge in [-0.3, -0.25) is 4.90 Å². The van der Waals surface area contributed by atoms with Gasteiger partial charge >= 0.3 is 0 Å². The second-order valence-corrected chi connectivity index (χ2v) is 7.55. The van der Waals surface area contributed by atoms with Crippen LogP contribution in [-0.2, 0) is 6.42 Å². The monoisotopic (exact) mass is 331 g/mol. The number of nitrogens with one attached hydrogen (secondary N) is 1. The van der Waals surface area contributed by atoms with Gasteiger partial charge in [0.2, 0.25) is 0 Å². The Balaban J connectivity index is 1.62. The summed E-state index contributed by atoms with van der Waals surface area (Å²) < 4.78 is 0. The Bertz CT molecular complexity index is 524. The Hall–Kier alpha value is -1.20. The van der Waals surface area contributed by atoms with Gasteiger partial charge in [0, 0.05) is 30.4 Å². The molecule has 1 aromatic rings. The molecule has 2 aliphatic heterocycles. The standard InChI is InChI=1S/C19H33N5/c1-4-6-16-13-20-15(2)21-19(16)22-17-7-5-10-24(14-17)18-8-11-23(3)12-9-18/h13,17-18H,4-12,14H2,1-3H3,(H,20,21,22)/t17-/m1/s1. The van der Waals surface area contributed by atoms with Crippen molar-refractivity contribution in [2.45, 2.75) is 64.5 Å². The molecule has 2 saturated heterocycles. The topological polar surface area (TPSA) is 44.3 Å². The maximum Gasteiger partial charge on any atom is 0.133 e. The van der Waals surface area contributed by atoms with Crippen molar-refractivity contribution >= 4 is 5.82 Å². The summed E-state index contributed by atoms with van der Waals surface area (Å²) in [6.07, 6.45) is 9.36. The zero-order valence-corrected chi connectivity index (χ0v) is 15.6. The lowest BCUT2D eigenvalue weighted by atomic mass is 9.98. The molecule has 0 aliphatic carbocycles. The van der Waals surface area contributed by atoms with Crippen LogP contribution in [0.4, 0.5) is 5.82 Å². The van der Waals surface area contributed by atoms with Gasteiger partial charge in [-0.25, -0.2) is 9.97 Å². The van der Waals surface area contributed by atoms with E-state index in [9.17, 15) is 0 Å². The lowest BCUT2D eigenvalue weighted by Gasteiger charge is -2.42. The van der Waals surface area contributed by atoms with E-state index in [-0.39, 0.29) is 0 Å². The largest absolute Gasteiger partial charge is 0.366 e. The second kappa shape index (κ2) is 8.26. The molecule has 0 spiro atoms. The first-order valence-corrected chi connectivity index (χ1v) is 9.67. The van der Waals surface area contributed by atoms with Gasteiger partial charge in [-0.15, -0.1) is 0 Å². The highest BCUT2D eigenvalue weighted by atomic mass is 15.2. The summed E-state index contributed by atoms with van der Waals surface area (Å²) in [5.41, 5.74) is 1.26. The van der Waals surface area contributed by atoms with E-state index in [0.717, 1.165) is 37.1 Å². The summed E-state index contributed by atoms with van der Waals surface area (Å²) in [6, 6.07) is 1.29. The van der Waals surface area contributed by atoms with Crippen LogP contribution in [0.25, 0.3) is 0 Å². The highest BCUT2D eigenvalue weighted by Gasteiger charge is 2.28. The van der Waals surface area contributed by atoms with Gasteiger partial charge in [-0.1, -0.05) is 13.3 Å². The zero-order chi connectivity index (χ0) is 16.9. The van der Waals surface area contributed by atoms with Gasteiger partial charge in [0.25, 0.3) is 0 Å². The fourth-order valence-electron chi connectivity index (χ4n) is 4.08. The molecular weight excluding hydrogens is 298 g/mol. The predicted octanol–water partition coefficient (Wildman–Crippen LogP) is 2.71. The minimum Gasteiger partial charge on any atom is -0.366 e. The lowest BCUT2D eigenvalue weighted by molar-refractivity contribution is 0.0978. The average molecular weight is 332 g/mol. The van der Waals surface area contributed by atoms with E-state index in [1.807, 2.05) is 13.1 Å². The van der Waals surface area contributed by atoms with Gasteiger partial charge in [0.05, 0.1) is 0 Å². The zero-order valence-electron chi connectivity index (χ0n) is 15.6. The SMILES string of the molecule is CCCc1cnc(C)nc1N[C@@H]1CCCN(C2CCN(C)CC2)C1. The number of aryl methyl sites for hydroxylation is 2. The minimum absolute atomic E-state index is 0.517. The fourth-order valence-corrected chi connectivity index (χ4v) is 4.08. The van der Waals surface area contributed by atoms with Crippen LogP contribution in [-0.4, -0.2) is 65.1 Å². The maximum absolute atomic E-state index is 4.69. The predicted molar refractivity (Wildman–Crippen MR) is 99.5 cm³/mol. The minimum atomic E-state index is 0.517. The van der Waals surface area contributed by atoms with Crippen LogP contribution in [0.3, 0.4) is 0 Å². The molecule has 5 heteroatoms. The molecule has 24 heavy (non-hydrogen) atoms. The molecule has 2 fully saturated rings. The van der Waals surface area contributed by atoms with Crippen LogP contribution >= 0.6 is 0 Å². The van der Waals surface area contributed by atoms with E-state index in [1.165, 1.54) is 50.9 Å². The molecule has 0 bridgehead atoms. The molecular formula is C19H33N5. The van der Waals surface area contributed by atoms with Crippen LogP contribution in [0.15, 0.2) is 6.20 Å². The second-order valence-electron chi connectivity index (χ2n) is 7.55. The van der Waals surface area contributed by atoms with Crippen molar-refractivity contribution < 1.29 is 0 Å². The van der Waals surface area contributed by atoms with E-state index < -0.39 is 0 Å². The van der Waals surface area contributed by atoms with Gasteiger partial charge < -0.3 is 10.2 Å². The molecule has 3 rings (SSSR count). The van der Waals surface area contributed by atoms with Crippen LogP contribution in [0, 0.1) is 6.92 Å². The highest BCUT2D eigenvalue weighted by molar-refractivity contribution is 5.44. The molecule has 0 amide bonds. The summed E-state index contributed by atoms with van der Waals surface area (Å²) in [4.78, 5) is 14.2. The van der Waals surface area contributed by atoms with Crippen LogP contribution in [0.2, 0.25) is 0 Å². The maximum atomic E-state index is 4.69. The molecule has 1 N–H and O–H groups in total. The first kappa shape index (κ1) is 17.6. The highest BCUT2D eigenvalue weighted by Crippen LogP contribution is 2.23. The lowest BCUT2D eigenvalue weighted by Crippen LogP contribution is -2.50. The van der Waals surface area contributed by atoms with Crippen molar-refractivity contribution in [3.63, 3.8) is 0 Å². The van der Waals surface area contributed by atoms with Gasteiger partial charge in [-0.2, -0.15) is 0 Å². The first-order valence-electron chi connectivity index (χ1n) is 9.67. The summed E-state index contributed by atoms with van der Waals surface area (Å²) in [5.74, 6) is 1.93. The van der Waals surface area contributed by atoms with Gasteiger partial charge in [0.15, 0.2) is 0 Å². The Kier molecular flexibility index (Phi) is 6.06. The third-order valence-corrected chi connectivity index (χ3v) is 5.50. The molecule has 0 radical (unpaired) electrons. The first-order chi connectivity index (χ1) is 11.7. The van der Waals surface area contributed by atoms with Crippen molar-refractivity contribution in [3.8, 4) is 0 Å². The van der Waals surface area contributed by atoms with Gasteiger partial charge in [-0.05, 0) is 65.7 Å². The molecule has 1 aromatic heterocycles. The Morgan fingerprint density at radius 2 is 2.00 bits per heavy atom. The fraction of sp³-hybridized carbons (Fsp3) is 0.789. The number of anilines is 1. The summed E-state index contributed by atoms with van der Waals surface area (Å²) >= 11 is 0. The number of piperidine rings is 2. The normalized spacial score (nSPS) is 24.2. The number of hydrogen-bond acceptors (Lipinski definition) is 5. The van der Waals surface area contributed by atoms with Crippen LogP contribution < -0.4 is 5.32 Å². The number of nitrogens with zero attached hydrogens (tertiary/aromatic N) is 4. The Morgan fingerprint density at radius 1 is 1.21 bits per heavy atom. The van der Waals surface area contributed by atoms with Crippen molar-refractivity contribution in [2.24, 2.45) is 0 Å². The molecule has 134 valence electrons. The molecule has 1 atom stereocenters. The smallest absolute Gasteiger partial charge is 0.133 e. The van der Waals surface area contributed by atoms with Crippen molar-refractivity contribution in [1.82, 2.24) is 19.8 Å². The van der Waals surface area contributed by atoms with E-state index in [1.54, 1.807) is 0 Å². The average Bonchev–Trinajstić information content (AvgIpc) is 2.58. The van der Waals surface area contributed by atoms with Crippen LogP contribution in [0.1, 0.15) is 50.4 Å². The summed E-state index contributed by atoms with van der Waals surface area (Å²) in [6.45, 7) is 9.09. The third-order valence-electron chi connectivity index (χ3n) is 5.50. The molecule has 5 nitrogen and oxygen atoms in total. The van der Waals surface area contributed by atoms with Gasteiger partial charge in [0.1, 0.15) is 11.6 Å². The Labute approximate surface area is 146 Å². The molecule has 0 unspecified atom stereocenters. The van der Waals surface area contributed by atoms with E-state index in [4.69, 9.17) is 0 Å². The molecule has 2 aliphatic rings. The van der Waals surface area contributed by atoms with Crippen molar-refractivity contribution in [1.29, 1.82) is 0 Å². The molecule has 3 heterocycles. The van der Waals surface area contributed by atoms with E-state index >= 15 is 0 Å². The number of rotatable bonds is 5. The quantitative estimate of drug-likeness (QED) is 0.899. The van der Waals surface area contributed by atoms with E-state index in [2.05, 4.69) is 39.1 Å².